The molecule has 2 heterocycles. The molecule has 76 valence electrons. The van der Waals surface area contributed by atoms with Gasteiger partial charge in [-0.3, -0.25) is 4.98 Å². The number of aliphatic hydroxyl groups is 1. The van der Waals surface area contributed by atoms with Gasteiger partial charge in [0.1, 0.15) is 18.0 Å². The van der Waals surface area contributed by atoms with Crippen LogP contribution < -0.4 is 4.74 Å². The van der Waals surface area contributed by atoms with Gasteiger partial charge in [0.25, 0.3) is 0 Å². The molecular weight excluding hydrogens is 182 g/mol. The average molecular weight is 195 g/mol. The summed E-state index contributed by atoms with van der Waals surface area (Å²) in [7, 11) is 0. The number of pyridine rings is 1. The highest BCUT2D eigenvalue weighted by Gasteiger charge is 2.27. The molecule has 0 spiro atoms. The van der Waals surface area contributed by atoms with Gasteiger partial charge in [-0.05, 0) is 19.1 Å². The summed E-state index contributed by atoms with van der Waals surface area (Å²) in [5.41, 5.74) is 0.945. The molecule has 1 N–H and O–H groups in total. The number of hydrogen-bond donors (Lipinski definition) is 1. The van der Waals surface area contributed by atoms with Crippen molar-refractivity contribution in [3.63, 3.8) is 0 Å². The fraction of sp³-hybridized carbons (Fsp3) is 0.500. The molecule has 0 radical (unpaired) electrons. The maximum Gasteiger partial charge on any atom is 0.150 e. The van der Waals surface area contributed by atoms with E-state index in [0.717, 1.165) is 5.69 Å². The van der Waals surface area contributed by atoms with Crippen molar-refractivity contribution >= 4 is 0 Å². The third-order valence-corrected chi connectivity index (χ3v) is 2.17. The monoisotopic (exact) mass is 195 g/mol. The van der Waals surface area contributed by atoms with Gasteiger partial charge >= 0.3 is 0 Å². The van der Waals surface area contributed by atoms with Crippen molar-refractivity contribution in [1.29, 1.82) is 0 Å². The van der Waals surface area contributed by atoms with Crippen LogP contribution in [0.2, 0.25) is 0 Å². The molecule has 0 aliphatic carbocycles. The molecule has 4 nitrogen and oxygen atoms in total. The maximum atomic E-state index is 9.43. The molecule has 0 amide bonds. The summed E-state index contributed by atoms with van der Waals surface area (Å²) in [6.45, 7) is 2.70. The topological polar surface area (TPSA) is 51.6 Å². The Morgan fingerprint density at radius 1 is 1.50 bits per heavy atom. The molecule has 0 saturated carbocycles. The molecule has 1 aromatic heterocycles. The molecule has 1 saturated heterocycles. The second-order valence-corrected chi connectivity index (χ2v) is 3.40. The van der Waals surface area contributed by atoms with E-state index in [0.29, 0.717) is 19.0 Å². The SMILES string of the molecule is Cc1ccc(O[C@@H]2COC[C@H]2O)cn1. The van der Waals surface area contributed by atoms with Crippen LogP contribution in [-0.4, -0.2) is 35.5 Å². The Kier molecular flexibility index (Phi) is 2.65. The molecule has 1 aliphatic heterocycles. The van der Waals surface area contributed by atoms with Crippen LogP contribution >= 0.6 is 0 Å². The van der Waals surface area contributed by atoms with Crippen LogP contribution in [0.1, 0.15) is 5.69 Å². The van der Waals surface area contributed by atoms with E-state index in [4.69, 9.17) is 9.47 Å². The Morgan fingerprint density at radius 3 is 2.93 bits per heavy atom. The fourth-order valence-electron chi connectivity index (χ4n) is 1.33. The highest BCUT2D eigenvalue weighted by Crippen LogP contribution is 2.16. The summed E-state index contributed by atoms with van der Waals surface area (Å²) in [6, 6.07) is 3.71. The van der Waals surface area contributed by atoms with Gasteiger partial charge in [0, 0.05) is 5.69 Å². The zero-order chi connectivity index (χ0) is 9.97. The smallest absolute Gasteiger partial charge is 0.150 e. The first-order valence-corrected chi connectivity index (χ1v) is 4.61. The summed E-state index contributed by atoms with van der Waals surface area (Å²) in [5.74, 6) is 0.671. The predicted octanol–water partition coefficient (Wildman–Crippen LogP) is 0.529. The van der Waals surface area contributed by atoms with E-state index in [-0.39, 0.29) is 6.10 Å². The first kappa shape index (κ1) is 9.43. The van der Waals surface area contributed by atoms with Crippen molar-refractivity contribution in [2.75, 3.05) is 13.2 Å². The summed E-state index contributed by atoms with van der Waals surface area (Å²) < 4.78 is 10.6. The van der Waals surface area contributed by atoms with E-state index in [9.17, 15) is 5.11 Å². The standard InChI is InChI=1S/C10H13NO3/c1-7-2-3-8(4-11-7)14-10-6-13-5-9(10)12/h2-4,9-10,12H,5-6H2,1H3/t9-,10-/m1/s1. The largest absolute Gasteiger partial charge is 0.484 e. The molecule has 1 fully saturated rings. The van der Waals surface area contributed by atoms with Gasteiger partial charge in [-0.15, -0.1) is 0 Å². The van der Waals surface area contributed by atoms with Gasteiger partial charge in [0.2, 0.25) is 0 Å². The van der Waals surface area contributed by atoms with E-state index in [1.54, 1.807) is 6.20 Å². The quantitative estimate of drug-likeness (QED) is 0.747. The molecule has 2 rings (SSSR count). The number of nitrogens with zero attached hydrogens (tertiary/aromatic N) is 1. The second-order valence-electron chi connectivity index (χ2n) is 3.40. The molecular formula is C10H13NO3. The Hall–Kier alpha value is -1.13. The van der Waals surface area contributed by atoms with Crippen molar-refractivity contribution in [3.05, 3.63) is 24.0 Å². The van der Waals surface area contributed by atoms with Gasteiger partial charge in [0.05, 0.1) is 19.4 Å². The van der Waals surface area contributed by atoms with Crippen molar-refractivity contribution in [2.24, 2.45) is 0 Å². The molecule has 1 aliphatic rings. The number of aliphatic hydroxyl groups excluding tert-OH is 1. The summed E-state index contributed by atoms with van der Waals surface area (Å²) in [4.78, 5) is 4.10. The van der Waals surface area contributed by atoms with E-state index < -0.39 is 6.10 Å². The molecule has 4 heteroatoms. The normalized spacial score (nSPS) is 26.4. The first-order valence-electron chi connectivity index (χ1n) is 4.61. The van der Waals surface area contributed by atoms with Gasteiger partial charge in [-0.1, -0.05) is 0 Å². The number of ether oxygens (including phenoxy) is 2. The van der Waals surface area contributed by atoms with Crippen molar-refractivity contribution in [3.8, 4) is 5.75 Å². The van der Waals surface area contributed by atoms with Crippen molar-refractivity contribution < 1.29 is 14.6 Å². The fourth-order valence-corrected chi connectivity index (χ4v) is 1.33. The molecule has 0 unspecified atom stereocenters. The second kappa shape index (κ2) is 3.94. The van der Waals surface area contributed by atoms with Gasteiger partial charge in [-0.2, -0.15) is 0 Å². The molecule has 0 aromatic carbocycles. The van der Waals surface area contributed by atoms with E-state index in [1.165, 1.54) is 0 Å². The molecule has 2 atom stereocenters. The number of aromatic nitrogens is 1. The summed E-state index contributed by atoms with van der Waals surface area (Å²) in [6.07, 6.45) is 0.858. The number of hydrogen-bond acceptors (Lipinski definition) is 4. The van der Waals surface area contributed by atoms with Crippen LogP contribution in [0.5, 0.6) is 5.75 Å². The van der Waals surface area contributed by atoms with Crippen LogP contribution in [0.15, 0.2) is 18.3 Å². The lowest BCUT2D eigenvalue weighted by molar-refractivity contribution is 0.0731. The maximum absolute atomic E-state index is 9.43. The Morgan fingerprint density at radius 2 is 2.36 bits per heavy atom. The van der Waals surface area contributed by atoms with Gasteiger partial charge in [-0.25, -0.2) is 0 Å². The van der Waals surface area contributed by atoms with Crippen LogP contribution in [0, 0.1) is 6.92 Å². The lowest BCUT2D eigenvalue weighted by Gasteiger charge is -2.14. The zero-order valence-corrected chi connectivity index (χ0v) is 8.01. The van der Waals surface area contributed by atoms with E-state index in [1.807, 2.05) is 19.1 Å². The summed E-state index contributed by atoms with van der Waals surface area (Å²) in [5, 5.41) is 9.43. The average Bonchev–Trinajstić information content (AvgIpc) is 2.56. The highest BCUT2D eigenvalue weighted by atomic mass is 16.6. The van der Waals surface area contributed by atoms with Crippen molar-refractivity contribution in [1.82, 2.24) is 4.98 Å². The minimum Gasteiger partial charge on any atom is -0.484 e. The lowest BCUT2D eigenvalue weighted by atomic mass is 10.2. The van der Waals surface area contributed by atoms with Crippen LogP contribution in [0.25, 0.3) is 0 Å². The van der Waals surface area contributed by atoms with Crippen LogP contribution in [0.3, 0.4) is 0 Å². The minimum atomic E-state index is -0.531. The molecule has 1 aromatic rings. The summed E-state index contributed by atoms with van der Waals surface area (Å²) >= 11 is 0. The number of rotatable bonds is 2. The van der Waals surface area contributed by atoms with Crippen LogP contribution in [0.4, 0.5) is 0 Å². The zero-order valence-electron chi connectivity index (χ0n) is 8.01. The Balaban J connectivity index is 2.00. The Labute approximate surface area is 82.5 Å². The van der Waals surface area contributed by atoms with Crippen LogP contribution in [-0.2, 0) is 4.74 Å². The third-order valence-electron chi connectivity index (χ3n) is 2.17. The van der Waals surface area contributed by atoms with Gasteiger partial charge < -0.3 is 14.6 Å². The van der Waals surface area contributed by atoms with Crippen molar-refractivity contribution in [2.45, 2.75) is 19.1 Å². The first-order chi connectivity index (χ1) is 6.75. The predicted molar refractivity (Wildman–Crippen MR) is 50.2 cm³/mol. The molecule has 14 heavy (non-hydrogen) atoms. The third kappa shape index (κ3) is 2.02. The molecule has 0 bridgehead atoms. The number of aryl methyl sites for hydroxylation is 1. The minimum absolute atomic E-state index is 0.264. The highest BCUT2D eigenvalue weighted by molar-refractivity contribution is 5.19. The van der Waals surface area contributed by atoms with E-state index in [2.05, 4.69) is 4.98 Å². The Bertz CT molecular complexity index is 299. The van der Waals surface area contributed by atoms with E-state index >= 15 is 0 Å². The van der Waals surface area contributed by atoms with Gasteiger partial charge in [0.15, 0.2) is 0 Å². The lowest BCUT2D eigenvalue weighted by Crippen LogP contribution is -2.29.